The molecule has 0 aliphatic rings. The van der Waals surface area contributed by atoms with Crippen LogP contribution in [-0.4, -0.2) is 16.6 Å². The first-order valence-electron chi connectivity index (χ1n) is 6.43. The summed E-state index contributed by atoms with van der Waals surface area (Å²) in [5.41, 5.74) is 1.23. The molecule has 1 N–H and O–H groups in total. The van der Waals surface area contributed by atoms with Crippen LogP contribution in [0.25, 0.3) is 10.8 Å². The van der Waals surface area contributed by atoms with E-state index < -0.39 is 0 Å². The first-order valence-corrected chi connectivity index (χ1v) is 6.43. The lowest BCUT2D eigenvalue weighted by Crippen LogP contribution is -2.21. The number of fused-ring (bicyclic) bond motifs is 1. The maximum Gasteiger partial charge on any atom is 0.130 e. The minimum Gasteiger partial charge on any atom is -0.336 e. The van der Waals surface area contributed by atoms with Gasteiger partial charge in [-0.1, -0.05) is 36.4 Å². The van der Waals surface area contributed by atoms with E-state index in [2.05, 4.69) is 57.3 Å². The topological polar surface area (TPSA) is 29.9 Å². The van der Waals surface area contributed by atoms with Crippen LogP contribution in [0.2, 0.25) is 0 Å². The van der Waals surface area contributed by atoms with Crippen LogP contribution in [0.15, 0.2) is 54.9 Å². The lowest BCUT2D eigenvalue weighted by Gasteiger charge is -2.17. The van der Waals surface area contributed by atoms with E-state index >= 15 is 0 Å². The molecule has 96 valence electrons. The smallest absolute Gasteiger partial charge is 0.130 e. The molecule has 0 bridgehead atoms. The minimum absolute atomic E-state index is 0.115. The lowest BCUT2D eigenvalue weighted by atomic mass is 10.0. The van der Waals surface area contributed by atoms with Gasteiger partial charge in [-0.2, -0.15) is 0 Å². The summed E-state index contributed by atoms with van der Waals surface area (Å²) in [4.78, 5) is 4.44. The molecule has 0 fully saturated rings. The van der Waals surface area contributed by atoms with Gasteiger partial charge in [0.15, 0.2) is 0 Å². The molecule has 2 aromatic carbocycles. The van der Waals surface area contributed by atoms with Crippen molar-refractivity contribution in [1.29, 1.82) is 0 Å². The molecule has 1 aromatic heterocycles. The Bertz CT molecular complexity index is 700. The van der Waals surface area contributed by atoms with E-state index in [4.69, 9.17) is 0 Å². The summed E-state index contributed by atoms with van der Waals surface area (Å²) in [6.45, 7) is 0. The van der Waals surface area contributed by atoms with E-state index in [0.717, 1.165) is 5.82 Å². The van der Waals surface area contributed by atoms with E-state index in [-0.39, 0.29) is 6.04 Å². The molecule has 1 atom stereocenters. The highest BCUT2D eigenvalue weighted by Gasteiger charge is 2.16. The number of rotatable bonds is 3. The van der Waals surface area contributed by atoms with Crippen LogP contribution in [0, 0.1) is 0 Å². The Morgan fingerprint density at radius 2 is 1.89 bits per heavy atom. The Balaban J connectivity index is 2.09. The van der Waals surface area contributed by atoms with Gasteiger partial charge in [0.25, 0.3) is 0 Å². The van der Waals surface area contributed by atoms with Gasteiger partial charge in [-0.3, -0.25) is 0 Å². The number of aromatic nitrogens is 2. The third kappa shape index (κ3) is 2.13. The van der Waals surface area contributed by atoms with Crippen molar-refractivity contribution in [3.63, 3.8) is 0 Å². The quantitative estimate of drug-likeness (QED) is 0.775. The Morgan fingerprint density at radius 3 is 2.58 bits per heavy atom. The van der Waals surface area contributed by atoms with Crippen molar-refractivity contribution in [2.75, 3.05) is 7.05 Å². The summed E-state index contributed by atoms with van der Waals surface area (Å²) in [5, 5.41) is 5.87. The molecule has 0 aliphatic carbocycles. The van der Waals surface area contributed by atoms with E-state index in [9.17, 15) is 0 Å². The fourth-order valence-electron chi connectivity index (χ4n) is 2.49. The Kier molecular flexibility index (Phi) is 3.05. The number of nitrogens with one attached hydrogen (secondary N) is 1. The molecule has 19 heavy (non-hydrogen) atoms. The minimum atomic E-state index is 0.115. The van der Waals surface area contributed by atoms with Crippen molar-refractivity contribution < 1.29 is 0 Å². The average Bonchev–Trinajstić information content (AvgIpc) is 2.86. The number of hydrogen-bond acceptors (Lipinski definition) is 2. The molecular formula is C16H17N3. The van der Waals surface area contributed by atoms with Crippen LogP contribution < -0.4 is 5.32 Å². The average molecular weight is 251 g/mol. The molecule has 0 saturated carbocycles. The predicted molar refractivity (Wildman–Crippen MR) is 78.1 cm³/mol. The predicted octanol–water partition coefficient (Wildman–Crippen LogP) is 2.88. The molecule has 3 nitrogen and oxygen atoms in total. The zero-order valence-electron chi connectivity index (χ0n) is 11.2. The van der Waals surface area contributed by atoms with Crippen molar-refractivity contribution in [3.05, 3.63) is 66.2 Å². The molecule has 3 aromatic rings. The molecular weight excluding hydrogens is 234 g/mol. The standard InChI is InChI=1S/C16H17N3/c1-17-15(16-18-9-10-19(16)2)14-8-7-12-5-3-4-6-13(12)11-14/h3-11,15,17H,1-2H3. The Morgan fingerprint density at radius 1 is 1.11 bits per heavy atom. The van der Waals surface area contributed by atoms with Gasteiger partial charge in [-0.15, -0.1) is 0 Å². The normalized spacial score (nSPS) is 12.7. The second-order valence-electron chi connectivity index (χ2n) is 4.72. The third-order valence-corrected chi connectivity index (χ3v) is 3.51. The van der Waals surface area contributed by atoms with Crippen molar-refractivity contribution in [2.45, 2.75) is 6.04 Å². The lowest BCUT2D eigenvalue weighted by molar-refractivity contribution is 0.618. The zero-order chi connectivity index (χ0) is 13.2. The van der Waals surface area contributed by atoms with E-state index in [1.165, 1.54) is 16.3 Å². The van der Waals surface area contributed by atoms with Crippen LogP contribution >= 0.6 is 0 Å². The zero-order valence-corrected chi connectivity index (χ0v) is 11.2. The van der Waals surface area contributed by atoms with Gasteiger partial charge in [0, 0.05) is 19.4 Å². The van der Waals surface area contributed by atoms with Gasteiger partial charge in [0.2, 0.25) is 0 Å². The summed E-state index contributed by atoms with van der Waals surface area (Å²) in [6.07, 6.45) is 3.81. The molecule has 1 unspecified atom stereocenters. The maximum absolute atomic E-state index is 4.44. The second kappa shape index (κ2) is 4.86. The molecule has 3 rings (SSSR count). The van der Waals surface area contributed by atoms with Gasteiger partial charge in [0.1, 0.15) is 5.82 Å². The maximum atomic E-state index is 4.44. The fraction of sp³-hybridized carbons (Fsp3) is 0.188. The number of hydrogen-bond donors (Lipinski definition) is 1. The number of nitrogens with zero attached hydrogens (tertiary/aromatic N) is 2. The second-order valence-corrected chi connectivity index (χ2v) is 4.72. The SMILES string of the molecule is CNC(c1ccc2ccccc2c1)c1nccn1C. The van der Waals surface area contributed by atoms with Crippen LogP contribution in [0.5, 0.6) is 0 Å². The Hall–Kier alpha value is -2.13. The van der Waals surface area contributed by atoms with Gasteiger partial charge in [0.05, 0.1) is 6.04 Å². The van der Waals surface area contributed by atoms with Crippen molar-refractivity contribution in [2.24, 2.45) is 7.05 Å². The molecule has 0 radical (unpaired) electrons. The highest BCUT2D eigenvalue weighted by molar-refractivity contribution is 5.83. The van der Waals surface area contributed by atoms with Crippen molar-refractivity contribution in [1.82, 2.24) is 14.9 Å². The van der Waals surface area contributed by atoms with Crippen LogP contribution in [-0.2, 0) is 7.05 Å². The van der Waals surface area contributed by atoms with Crippen LogP contribution in [0.3, 0.4) is 0 Å². The van der Waals surface area contributed by atoms with E-state index in [1.807, 2.05) is 26.5 Å². The highest BCUT2D eigenvalue weighted by Crippen LogP contribution is 2.24. The molecule has 0 saturated heterocycles. The first-order chi connectivity index (χ1) is 9.29. The monoisotopic (exact) mass is 251 g/mol. The van der Waals surface area contributed by atoms with Crippen LogP contribution in [0.4, 0.5) is 0 Å². The first kappa shape index (κ1) is 11.9. The highest BCUT2D eigenvalue weighted by atomic mass is 15.1. The molecule has 3 heteroatoms. The van der Waals surface area contributed by atoms with Crippen LogP contribution in [0.1, 0.15) is 17.4 Å². The summed E-state index contributed by atoms with van der Waals surface area (Å²) < 4.78 is 2.05. The summed E-state index contributed by atoms with van der Waals surface area (Å²) in [7, 11) is 3.99. The van der Waals surface area contributed by atoms with E-state index in [0.29, 0.717) is 0 Å². The van der Waals surface area contributed by atoms with Gasteiger partial charge < -0.3 is 9.88 Å². The molecule has 0 spiro atoms. The summed E-state index contributed by atoms with van der Waals surface area (Å²) >= 11 is 0. The van der Waals surface area contributed by atoms with Crippen molar-refractivity contribution in [3.8, 4) is 0 Å². The van der Waals surface area contributed by atoms with Crippen molar-refractivity contribution >= 4 is 10.8 Å². The van der Waals surface area contributed by atoms with Gasteiger partial charge in [-0.25, -0.2) is 4.98 Å². The number of aryl methyl sites for hydroxylation is 1. The summed E-state index contributed by atoms with van der Waals surface area (Å²) in [5.74, 6) is 1.03. The summed E-state index contributed by atoms with van der Waals surface area (Å²) in [6, 6.07) is 15.1. The van der Waals surface area contributed by atoms with Gasteiger partial charge >= 0.3 is 0 Å². The third-order valence-electron chi connectivity index (χ3n) is 3.51. The Labute approximate surface area is 112 Å². The number of imidazole rings is 1. The van der Waals surface area contributed by atoms with Gasteiger partial charge in [-0.05, 0) is 29.4 Å². The number of benzene rings is 2. The largest absolute Gasteiger partial charge is 0.336 e. The fourth-order valence-corrected chi connectivity index (χ4v) is 2.49. The molecule has 1 heterocycles. The molecule has 0 aliphatic heterocycles. The molecule has 0 amide bonds. The van der Waals surface area contributed by atoms with E-state index in [1.54, 1.807) is 0 Å².